The molecule has 2 atom stereocenters. The summed E-state index contributed by atoms with van der Waals surface area (Å²) in [4.78, 5) is 13.5. The predicted molar refractivity (Wildman–Crippen MR) is 67.0 cm³/mol. The van der Waals surface area contributed by atoms with Crippen molar-refractivity contribution in [1.29, 1.82) is 0 Å². The minimum absolute atomic E-state index is 0.331. The molecule has 0 bridgehead atoms. The zero-order valence-electron chi connectivity index (χ0n) is 10.9. The summed E-state index contributed by atoms with van der Waals surface area (Å²) in [5, 5.41) is 12.5. The third kappa shape index (κ3) is 2.99. The molecule has 1 saturated heterocycles. The summed E-state index contributed by atoms with van der Waals surface area (Å²) >= 11 is 0. The van der Waals surface area contributed by atoms with E-state index in [1.54, 1.807) is 0 Å². The molecule has 4 heteroatoms. The SMILES string of the molecule is CC1(C)CCCC(N2CCNCC2C(=O)O)C1. The fraction of sp³-hybridized carbons (Fsp3) is 0.923. The van der Waals surface area contributed by atoms with Crippen LogP contribution in [0, 0.1) is 5.41 Å². The quantitative estimate of drug-likeness (QED) is 0.764. The zero-order valence-corrected chi connectivity index (χ0v) is 10.9. The lowest BCUT2D eigenvalue weighted by molar-refractivity contribution is -0.145. The van der Waals surface area contributed by atoms with Crippen LogP contribution in [0.4, 0.5) is 0 Å². The number of hydrogen-bond donors (Lipinski definition) is 2. The Hall–Kier alpha value is -0.610. The van der Waals surface area contributed by atoms with Gasteiger partial charge in [0.15, 0.2) is 0 Å². The Morgan fingerprint density at radius 3 is 2.88 bits per heavy atom. The first kappa shape index (κ1) is 12.8. The number of carboxylic acid groups (broad SMARTS) is 1. The van der Waals surface area contributed by atoms with Crippen LogP contribution >= 0.6 is 0 Å². The van der Waals surface area contributed by atoms with Crippen LogP contribution in [-0.2, 0) is 4.79 Å². The summed E-state index contributed by atoms with van der Waals surface area (Å²) in [5.74, 6) is -0.680. The highest BCUT2D eigenvalue weighted by atomic mass is 16.4. The molecule has 17 heavy (non-hydrogen) atoms. The number of rotatable bonds is 2. The maximum absolute atomic E-state index is 11.3. The maximum atomic E-state index is 11.3. The van der Waals surface area contributed by atoms with Crippen molar-refractivity contribution < 1.29 is 9.90 Å². The Bertz CT molecular complexity index is 291. The molecule has 1 aliphatic carbocycles. The van der Waals surface area contributed by atoms with Crippen molar-refractivity contribution in [2.75, 3.05) is 19.6 Å². The van der Waals surface area contributed by atoms with E-state index in [9.17, 15) is 9.90 Å². The van der Waals surface area contributed by atoms with Crippen LogP contribution in [0.3, 0.4) is 0 Å². The molecule has 0 aromatic carbocycles. The second kappa shape index (κ2) is 4.94. The highest BCUT2D eigenvalue weighted by Crippen LogP contribution is 2.37. The average molecular weight is 240 g/mol. The second-order valence-electron chi connectivity index (χ2n) is 6.21. The summed E-state index contributed by atoms with van der Waals surface area (Å²) in [6.45, 7) is 6.99. The molecule has 98 valence electrons. The molecule has 2 unspecified atom stereocenters. The number of carbonyl (C=O) groups is 1. The van der Waals surface area contributed by atoms with E-state index >= 15 is 0 Å². The van der Waals surface area contributed by atoms with Crippen LogP contribution in [0.15, 0.2) is 0 Å². The minimum Gasteiger partial charge on any atom is -0.480 e. The molecule has 1 saturated carbocycles. The number of aliphatic carboxylic acids is 1. The van der Waals surface area contributed by atoms with Crippen LogP contribution in [0.1, 0.15) is 39.5 Å². The van der Waals surface area contributed by atoms with Crippen LogP contribution in [0.2, 0.25) is 0 Å². The van der Waals surface area contributed by atoms with Gasteiger partial charge in [0.1, 0.15) is 6.04 Å². The van der Waals surface area contributed by atoms with Crippen molar-refractivity contribution in [3.05, 3.63) is 0 Å². The van der Waals surface area contributed by atoms with Crippen molar-refractivity contribution >= 4 is 5.97 Å². The van der Waals surface area contributed by atoms with Gasteiger partial charge >= 0.3 is 5.97 Å². The van der Waals surface area contributed by atoms with E-state index in [1.807, 2.05) is 0 Å². The number of nitrogens with zero attached hydrogens (tertiary/aromatic N) is 1. The third-order valence-electron chi connectivity index (χ3n) is 4.22. The molecule has 2 aliphatic rings. The molecule has 2 fully saturated rings. The van der Waals surface area contributed by atoms with Gasteiger partial charge in [-0.15, -0.1) is 0 Å². The van der Waals surface area contributed by atoms with Gasteiger partial charge in [0, 0.05) is 25.7 Å². The normalized spacial score (nSPS) is 34.5. The van der Waals surface area contributed by atoms with E-state index in [1.165, 1.54) is 12.8 Å². The molecule has 4 nitrogen and oxygen atoms in total. The van der Waals surface area contributed by atoms with Gasteiger partial charge in [-0.05, 0) is 24.7 Å². The first-order valence-electron chi connectivity index (χ1n) is 6.69. The predicted octanol–water partition coefficient (Wildman–Crippen LogP) is 1.31. The summed E-state index contributed by atoms with van der Waals surface area (Å²) < 4.78 is 0. The van der Waals surface area contributed by atoms with E-state index in [4.69, 9.17) is 0 Å². The number of hydrogen-bond acceptors (Lipinski definition) is 3. The molecule has 0 spiro atoms. The van der Waals surface area contributed by atoms with Gasteiger partial charge in [-0.3, -0.25) is 9.69 Å². The number of nitrogens with one attached hydrogen (secondary N) is 1. The highest BCUT2D eigenvalue weighted by Gasteiger charge is 2.37. The van der Waals surface area contributed by atoms with E-state index in [2.05, 4.69) is 24.1 Å². The molecule has 2 N–H and O–H groups in total. The monoisotopic (exact) mass is 240 g/mol. The lowest BCUT2D eigenvalue weighted by Crippen LogP contribution is -2.59. The molecule has 1 aliphatic heterocycles. The first-order valence-corrected chi connectivity index (χ1v) is 6.69. The molecule has 2 rings (SSSR count). The Morgan fingerprint density at radius 2 is 2.24 bits per heavy atom. The summed E-state index contributed by atoms with van der Waals surface area (Å²) in [6.07, 6.45) is 4.80. The average Bonchev–Trinajstić information content (AvgIpc) is 2.27. The molecule has 0 radical (unpaired) electrons. The first-order chi connectivity index (χ1) is 7.99. The Balaban J connectivity index is 2.05. The van der Waals surface area contributed by atoms with Crippen LogP contribution in [0.5, 0.6) is 0 Å². The minimum atomic E-state index is -0.680. The van der Waals surface area contributed by atoms with Crippen molar-refractivity contribution in [3.8, 4) is 0 Å². The second-order valence-corrected chi connectivity index (χ2v) is 6.21. The van der Waals surface area contributed by atoms with Crippen molar-refractivity contribution in [3.63, 3.8) is 0 Å². The fourth-order valence-corrected chi connectivity index (χ4v) is 3.33. The van der Waals surface area contributed by atoms with Gasteiger partial charge in [-0.25, -0.2) is 0 Å². The zero-order chi connectivity index (χ0) is 12.5. The molecule has 0 aromatic heterocycles. The van der Waals surface area contributed by atoms with Gasteiger partial charge in [-0.2, -0.15) is 0 Å². The van der Waals surface area contributed by atoms with Gasteiger partial charge in [0.2, 0.25) is 0 Å². The van der Waals surface area contributed by atoms with Crippen molar-refractivity contribution in [2.24, 2.45) is 5.41 Å². The van der Waals surface area contributed by atoms with Crippen molar-refractivity contribution in [2.45, 2.75) is 51.6 Å². The van der Waals surface area contributed by atoms with Gasteiger partial charge < -0.3 is 10.4 Å². The third-order valence-corrected chi connectivity index (χ3v) is 4.22. The van der Waals surface area contributed by atoms with E-state index in [-0.39, 0.29) is 6.04 Å². The Labute approximate surface area is 103 Å². The standard InChI is InChI=1S/C13H24N2O2/c1-13(2)5-3-4-10(8-13)15-7-6-14-9-11(15)12(16)17/h10-11,14H,3-9H2,1-2H3,(H,16,17). The summed E-state index contributed by atoms with van der Waals surface area (Å²) in [6, 6.07) is 0.129. The van der Waals surface area contributed by atoms with Crippen LogP contribution in [0.25, 0.3) is 0 Å². The van der Waals surface area contributed by atoms with E-state index in [0.717, 1.165) is 25.9 Å². The summed E-state index contributed by atoms with van der Waals surface area (Å²) in [5.41, 5.74) is 0.372. The van der Waals surface area contributed by atoms with Crippen molar-refractivity contribution in [1.82, 2.24) is 10.2 Å². The molecular weight excluding hydrogens is 216 g/mol. The van der Waals surface area contributed by atoms with Crippen LogP contribution < -0.4 is 5.32 Å². The highest BCUT2D eigenvalue weighted by molar-refractivity contribution is 5.74. The van der Waals surface area contributed by atoms with Gasteiger partial charge in [-0.1, -0.05) is 20.3 Å². The largest absolute Gasteiger partial charge is 0.480 e. The van der Waals surface area contributed by atoms with Gasteiger partial charge in [0.05, 0.1) is 0 Å². The lowest BCUT2D eigenvalue weighted by Gasteiger charge is -2.45. The molecular formula is C13H24N2O2. The lowest BCUT2D eigenvalue weighted by atomic mass is 9.74. The van der Waals surface area contributed by atoms with Crippen LogP contribution in [-0.4, -0.2) is 47.7 Å². The number of piperazine rings is 1. The number of carboxylic acids is 1. The fourth-order valence-electron chi connectivity index (χ4n) is 3.33. The molecule has 0 aromatic rings. The molecule has 1 heterocycles. The smallest absolute Gasteiger partial charge is 0.322 e. The van der Waals surface area contributed by atoms with Gasteiger partial charge in [0.25, 0.3) is 0 Å². The molecule has 0 amide bonds. The Kier molecular flexibility index (Phi) is 3.73. The Morgan fingerprint density at radius 1 is 1.47 bits per heavy atom. The summed E-state index contributed by atoms with van der Waals surface area (Å²) in [7, 11) is 0. The maximum Gasteiger partial charge on any atom is 0.322 e. The topological polar surface area (TPSA) is 52.6 Å². The van der Waals surface area contributed by atoms with E-state index in [0.29, 0.717) is 18.0 Å². The van der Waals surface area contributed by atoms with E-state index < -0.39 is 5.97 Å².